The van der Waals surface area contributed by atoms with Crippen LogP contribution in [0.25, 0.3) is 0 Å². The molecule has 0 aliphatic heterocycles. The Bertz CT molecular complexity index is 712. The molecule has 4 N–H and O–H groups in total. The van der Waals surface area contributed by atoms with Crippen LogP contribution in [-0.2, 0) is 9.59 Å². The lowest BCUT2D eigenvalue weighted by molar-refractivity contribution is -0.122. The molecule has 2 aromatic carbocycles. The second-order valence-corrected chi connectivity index (χ2v) is 9.65. The Morgan fingerprint density at radius 2 is 1.00 bits per heavy atom. The molecule has 2 aromatic rings. The molecule has 6 heteroatoms. The number of anilines is 1. The first-order valence-corrected chi connectivity index (χ1v) is 14.3. The van der Waals surface area contributed by atoms with Crippen LogP contribution in [0, 0.1) is 13.8 Å². The fraction of sp³-hybridized carbons (Fsp3) is 0.562. The number of rotatable bonds is 19. The Morgan fingerprint density at radius 1 is 0.658 bits per heavy atom. The van der Waals surface area contributed by atoms with Crippen molar-refractivity contribution < 1.29 is 19.4 Å². The maximum absolute atomic E-state index is 8.58. The Balaban J connectivity index is 0.00000208. The van der Waals surface area contributed by atoms with Crippen molar-refractivity contribution in [3.8, 4) is 5.75 Å². The molecule has 0 unspecified atom stereocenters. The second-order valence-electron chi connectivity index (χ2n) is 9.65. The number of carbonyl (C=O) groups excluding carboxylic acids is 1. The molecule has 0 aliphatic carbocycles. The van der Waals surface area contributed by atoms with Crippen LogP contribution in [0.3, 0.4) is 0 Å². The fourth-order valence-corrected chi connectivity index (χ4v) is 4.08. The molecule has 0 spiro atoms. The van der Waals surface area contributed by atoms with Crippen molar-refractivity contribution >= 4 is 18.6 Å². The molecule has 1 amide bonds. The number of hydrogen-bond acceptors (Lipinski definition) is 4. The zero-order valence-electron chi connectivity index (χ0n) is 23.8. The molecule has 214 valence electrons. The van der Waals surface area contributed by atoms with Crippen molar-refractivity contribution in [3.63, 3.8) is 0 Å². The first-order chi connectivity index (χ1) is 18.6. The van der Waals surface area contributed by atoms with Crippen LogP contribution in [0.15, 0.2) is 48.5 Å². The van der Waals surface area contributed by atoms with Gasteiger partial charge in [-0.1, -0.05) is 112 Å². The van der Waals surface area contributed by atoms with Gasteiger partial charge >= 0.3 is 0 Å². The summed E-state index contributed by atoms with van der Waals surface area (Å²) in [6, 6.07) is 17.1. The lowest BCUT2D eigenvalue weighted by atomic mass is 10.0. The van der Waals surface area contributed by atoms with Gasteiger partial charge in [0, 0.05) is 12.2 Å². The summed E-state index contributed by atoms with van der Waals surface area (Å²) in [5.74, 6) is 1.01. The number of carbonyl (C=O) groups is 2. The van der Waals surface area contributed by atoms with E-state index in [0.717, 1.165) is 18.9 Å². The topological polar surface area (TPSA) is 102 Å². The van der Waals surface area contributed by atoms with Gasteiger partial charge in [0.05, 0.1) is 6.61 Å². The zero-order chi connectivity index (χ0) is 28.1. The van der Waals surface area contributed by atoms with Crippen molar-refractivity contribution in [3.05, 3.63) is 59.7 Å². The number of nitrogens with two attached hydrogens (primary N) is 1. The molecule has 6 nitrogen and oxygen atoms in total. The van der Waals surface area contributed by atoms with Crippen LogP contribution in [0.4, 0.5) is 5.69 Å². The highest BCUT2D eigenvalue weighted by molar-refractivity contribution is 5.44. The van der Waals surface area contributed by atoms with Crippen molar-refractivity contribution in [2.24, 2.45) is 5.73 Å². The number of hydrogen-bond donors (Lipinski definition) is 3. The monoisotopic (exact) mass is 528 g/mol. The van der Waals surface area contributed by atoms with Gasteiger partial charge < -0.3 is 20.9 Å². The second kappa shape index (κ2) is 27.0. The molecular weight excluding hydrogens is 476 g/mol. The molecule has 0 fully saturated rings. The number of unbranched alkanes of at least 4 members (excludes halogenated alkanes) is 13. The van der Waals surface area contributed by atoms with Gasteiger partial charge in [-0.2, -0.15) is 0 Å². The van der Waals surface area contributed by atoms with Gasteiger partial charge in [-0.25, -0.2) is 0 Å². The first-order valence-electron chi connectivity index (χ1n) is 14.3. The number of primary amides is 1. The molecule has 0 saturated carbocycles. The third-order valence-electron chi connectivity index (χ3n) is 6.24. The summed E-state index contributed by atoms with van der Waals surface area (Å²) in [7, 11) is 0. The molecule has 0 heterocycles. The molecule has 38 heavy (non-hydrogen) atoms. The average molecular weight is 529 g/mol. The summed E-state index contributed by atoms with van der Waals surface area (Å²) in [6.45, 7) is 5.95. The van der Waals surface area contributed by atoms with E-state index >= 15 is 0 Å². The maximum Gasteiger partial charge on any atom is 0.290 e. The van der Waals surface area contributed by atoms with Crippen LogP contribution in [0.1, 0.15) is 101 Å². The van der Waals surface area contributed by atoms with Crippen LogP contribution >= 0.6 is 0 Å². The largest absolute Gasteiger partial charge is 0.494 e. The summed E-state index contributed by atoms with van der Waals surface area (Å²) in [4.78, 5) is 16.9. The quantitative estimate of drug-likeness (QED) is 0.126. The molecule has 0 aliphatic rings. The van der Waals surface area contributed by atoms with Gasteiger partial charge in [0.2, 0.25) is 6.41 Å². The summed E-state index contributed by atoms with van der Waals surface area (Å²) in [5, 5.41) is 10.4. The van der Waals surface area contributed by atoms with E-state index in [-0.39, 0.29) is 12.9 Å². The van der Waals surface area contributed by atoms with Crippen molar-refractivity contribution in [1.82, 2.24) is 0 Å². The fourth-order valence-electron chi connectivity index (χ4n) is 4.08. The van der Waals surface area contributed by atoms with E-state index < -0.39 is 0 Å². The van der Waals surface area contributed by atoms with Crippen LogP contribution in [-0.4, -0.2) is 31.1 Å². The third-order valence-corrected chi connectivity index (χ3v) is 6.24. The molecule has 0 saturated heterocycles. The van der Waals surface area contributed by atoms with Gasteiger partial charge in [-0.15, -0.1) is 0 Å². The van der Waals surface area contributed by atoms with E-state index in [4.69, 9.17) is 19.4 Å². The van der Waals surface area contributed by atoms with E-state index in [0.29, 0.717) is 0 Å². The molecule has 0 radical (unpaired) electrons. The van der Waals surface area contributed by atoms with Gasteiger partial charge in [-0.05, 0) is 51.0 Å². The third kappa shape index (κ3) is 23.4. The lowest BCUT2D eigenvalue weighted by Crippen LogP contribution is -2.01. The summed E-state index contributed by atoms with van der Waals surface area (Å²) in [6.07, 6.45) is 19.5. The minimum absolute atomic E-state index is 0.250. The predicted octanol–water partition coefficient (Wildman–Crippen LogP) is 8.06. The van der Waals surface area contributed by atoms with Gasteiger partial charge in [0.15, 0.2) is 0 Å². The number of amides is 1. The lowest BCUT2D eigenvalue weighted by Gasteiger charge is -2.07. The highest BCUT2D eigenvalue weighted by Gasteiger charge is 1.97. The van der Waals surface area contributed by atoms with Crippen LogP contribution < -0.4 is 15.8 Å². The van der Waals surface area contributed by atoms with Gasteiger partial charge in [-0.3, -0.25) is 9.59 Å². The van der Waals surface area contributed by atoms with Gasteiger partial charge in [0.1, 0.15) is 5.75 Å². The first kappa shape index (κ1) is 35.0. The number of benzene rings is 2. The zero-order valence-corrected chi connectivity index (χ0v) is 23.8. The SMILES string of the molecule is Cc1ccc(NCCCCCCCCCCCCCCCCOc2ccc(C)cc2)cc1.NC=O.O=CO. The van der Waals surface area contributed by atoms with Crippen LogP contribution in [0.5, 0.6) is 5.75 Å². The van der Waals surface area contributed by atoms with Crippen molar-refractivity contribution in [1.29, 1.82) is 0 Å². The number of ether oxygens (including phenoxy) is 1. The van der Waals surface area contributed by atoms with Crippen LogP contribution in [0.2, 0.25) is 0 Å². The van der Waals surface area contributed by atoms with E-state index in [2.05, 4.69) is 73.4 Å². The molecule has 2 rings (SSSR count). The Labute approximate surface area is 231 Å². The molecular formula is C32H52N2O4. The van der Waals surface area contributed by atoms with Crippen molar-refractivity contribution in [2.75, 3.05) is 18.5 Å². The molecule has 0 atom stereocenters. The predicted molar refractivity (Wildman–Crippen MR) is 160 cm³/mol. The smallest absolute Gasteiger partial charge is 0.290 e. The number of carboxylic acid groups (broad SMARTS) is 1. The number of aryl methyl sites for hydroxylation is 2. The highest BCUT2D eigenvalue weighted by atomic mass is 16.5. The number of nitrogens with one attached hydrogen (secondary N) is 1. The Hall–Kier alpha value is -3.02. The van der Waals surface area contributed by atoms with E-state index in [1.54, 1.807) is 0 Å². The maximum atomic E-state index is 8.58. The summed E-state index contributed by atoms with van der Waals surface area (Å²) in [5.41, 5.74) is 8.03. The molecule has 0 aromatic heterocycles. The summed E-state index contributed by atoms with van der Waals surface area (Å²) >= 11 is 0. The highest BCUT2D eigenvalue weighted by Crippen LogP contribution is 2.15. The normalized spacial score (nSPS) is 9.84. The standard InChI is InChI=1S/C30H47NO.CH3NO.CH2O2/c1-27-17-21-29(22-18-27)31-25-15-13-11-9-7-5-3-4-6-8-10-12-14-16-26-32-30-23-19-28(2)20-24-30;2*2-1-3/h17-24,31H,3-16,25-26H2,1-2H3;1H,(H2,2,3);1H,(H,2,3). The Morgan fingerprint density at radius 3 is 1.42 bits per heavy atom. The minimum atomic E-state index is -0.250. The van der Waals surface area contributed by atoms with E-state index in [9.17, 15) is 0 Å². The Kier molecular flexibility index (Phi) is 24.9. The average Bonchev–Trinajstić information content (AvgIpc) is 2.91. The summed E-state index contributed by atoms with van der Waals surface area (Å²) < 4.78 is 5.80. The van der Waals surface area contributed by atoms with E-state index in [1.807, 2.05) is 0 Å². The van der Waals surface area contributed by atoms with E-state index in [1.165, 1.54) is 107 Å². The van der Waals surface area contributed by atoms with Crippen molar-refractivity contribution in [2.45, 2.75) is 104 Å². The molecule has 0 bridgehead atoms. The van der Waals surface area contributed by atoms with Gasteiger partial charge in [0.25, 0.3) is 6.47 Å². The minimum Gasteiger partial charge on any atom is -0.494 e.